The second-order valence-corrected chi connectivity index (χ2v) is 8.75. The Bertz CT molecular complexity index is 1030. The van der Waals surface area contributed by atoms with Crippen LogP contribution in [0.15, 0.2) is 29.3 Å². The molecule has 0 saturated carbocycles. The SMILES string of the molecule is CC(C)(C)OC(=O)NC1CCN(c2cnn(-c3ccc(C(F)(F)F)cn3)c(=O)c2Cl)CC1. The zero-order valence-corrected chi connectivity index (χ0v) is 18.5. The summed E-state index contributed by atoms with van der Waals surface area (Å²) in [6, 6.07) is 1.80. The van der Waals surface area contributed by atoms with Crippen molar-refractivity contribution in [3.8, 4) is 5.82 Å². The zero-order chi connectivity index (χ0) is 23.7. The number of hydrogen-bond donors (Lipinski definition) is 1. The van der Waals surface area contributed by atoms with Crippen molar-refractivity contribution >= 4 is 23.4 Å². The molecule has 0 aliphatic carbocycles. The minimum atomic E-state index is -4.53. The molecule has 2 aromatic heterocycles. The lowest BCUT2D eigenvalue weighted by Crippen LogP contribution is -2.46. The van der Waals surface area contributed by atoms with Crippen molar-refractivity contribution in [3.63, 3.8) is 0 Å². The molecule has 0 aromatic carbocycles. The van der Waals surface area contributed by atoms with Crippen LogP contribution in [0, 0.1) is 0 Å². The van der Waals surface area contributed by atoms with E-state index in [4.69, 9.17) is 16.3 Å². The lowest BCUT2D eigenvalue weighted by molar-refractivity contribution is -0.137. The number of aromatic nitrogens is 3. The second kappa shape index (κ2) is 8.97. The number of alkyl carbamates (subject to hydrolysis) is 1. The van der Waals surface area contributed by atoms with Gasteiger partial charge >= 0.3 is 12.3 Å². The van der Waals surface area contributed by atoms with Crippen LogP contribution in [-0.4, -0.2) is 45.6 Å². The van der Waals surface area contributed by atoms with E-state index in [1.807, 2.05) is 4.90 Å². The number of carbonyl (C=O) groups is 1. The van der Waals surface area contributed by atoms with Gasteiger partial charge < -0.3 is 15.0 Å². The Kier molecular flexibility index (Phi) is 6.68. The Labute approximate surface area is 187 Å². The lowest BCUT2D eigenvalue weighted by atomic mass is 10.0. The summed E-state index contributed by atoms with van der Waals surface area (Å²) in [5, 5.41) is 6.75. The van der Waals surface area contributed by atoms with Gasteiger partial charge in [0.15, 0.2) is 5.82 Å². The summed E-state index contributed by atoms with van der Waals surface area (Å²) in [4.78, 5) is 30.1. The molecule has 1 N–H and O–H groups in total. The molecule has 0 bridgehead atoms. The van der Waals surface area contributed by atoms with Gasteiger partial charge in [-0.05, 0) is 45.7 Å². The molecule has 32 heavy (non-hydrogen) atoms. The van der Waals surface area contributed by atoms with Crippen LogP contribution in [0.25, 0.3) is 5.82 Å². The molecule has 0 atom stereocenters. The molecular weight excluding hydrogens is 451 g/mol. The molecule has 3 heterocycles. The molecular formula is C20H23ClF3N5O3. The molecule has 1 saturated heterocycles. The molecule has 0 unspecified atom stereocenters. The molecule has 2 aromatic rings. The van der Waals surface area contributed by atoms with Crippen molar-refractivity contribution < 1.29 is 22.7 Å². The standard InChI is InChI=1S/C20H23ClF3N5O3/c1-19(2,3)32-18(31)27-13-6-8-28(9-7-13)14-11-26-29(17(30)16(14)21)15-5-4-12(10-25-15)20(22,23)24/h4-5,10-11,13H,6-9H2,1-3H3,(H,27,31). The molecule has 1 fully saturated rings. The summed E-state index contributed by atoms with van der Waals surface area (Å²) in [5.41, 5.74) is -1.80. The molecule has 8 nitrogen and oxygen atoms in total. The van der Waals surface area contributed by atoms with E-state index in [9.17, 15) is 22.8 Å². The monoisotopic (exact) mass is 473 g/mol. The number of nitrogens with one attached hydrogen (secondary N) is 1. The van der Waals surface area contributed by atoms with Crippen LogP contribution in [-0.2, 0) is 10.9 Å². The number of hydrogen-bond acceptors (Lipinski definition) is 6. The van der Waals surface area contributed by atoms with Gasteiger partial charge in [0, 0.05) is 25.3 Å². The molecule has 174 valence electrons. The van der Waals surface area contributed by atoms with E-state index < -0.39 is 29.0 Å². The summed E-state index contributed by atoms with van der Waals surface area (Å²) in [7, 11) is 0. The van der Waals surface area contributed by atoms with E-state index in [0.29, 0.717) is 37.8 Å². The minimum Gasteiger partial charge on any atom is -0.444 e. The van der Waals surface area contributed by atoms with Crippen LogP contribution < -0.4 is 15.8 Å². The first kappa shape index (κ1) is 23.8. The first-order valence-corrected chi connectivity index (χ1v) is 10.3. The highest BCUT2D eigenvalue weighted by atomic mass is 35.5. The van der Waals surface area contributed by atoms with Gasteiger partial charge in [-0.3, -0.25) is 4.79 Å². The number of alkyl halides is 3. The van der Waals surface area contributed by atoms with E-state index in [1.165, 1.54) is 6.20 Å². The smallest absolute Gasteiger partial charge is 0.417 e. The second-order valence-electron chi connectivity index (χ2n) is 8.37. The summed E-state index contributed by atoms with van der Waals surface area (Å²) >= 11 is 6.27. The van der Waals surface area contributed by atoms with Gasteiger partial charge in [0.2, 0.25) is 0 Å². The summed E-state index contributed by atoms with van der Waals surface area (Å²) < 4.78 is 44.3. The van der Waals surface area contributed by atoms with Gasteiger partial charge in [-0.1, -0.05) is 11.6 Å². The molecule has 1 aliphatic heterocycles. The average Bonchev–Trinajstić information content (AvgIpc) is 2.69. The fourth-order valence-electron chi connectivity index (χ4n) is 3.23. The number of ether oxygens (including phenoxy) is 1. The van der Waals surface area contributed by atoms with Crippen molar-refractivity contribution in [1.29, 1.82) is 0 Å². The largest absolute Gasteiger partial charge is 0.444 e. The van der Waals surface area contributed by atoms with Gasteiger partial charge in [-0.15, -0.1) is 0 Å². The number of anilines is 1. The maximum Gasteiger partial charge on any atom is 0.417 e. The fourth-order valence-corrected chi connectivity index (χ4v) is 3.47. The molecule has 1 aliphatic rings. The van der Waals surface area contributed by atoms with E-state index >= 15 is 0 Å². The van der Waals surface area contributed by atoms with E-state index in [0.717, 1.165) is 16.8 Å². The number of carbonyl (C=O) groups excluding carboxylic acids is 1. The highest BCUT2D eigenvalue weighted by Crippen LogP contribution is 2.29. The summed E-state index contributed by atoms with van der Waals surface area (Å²) in [5.74, 6) is -0.0725. The normalized spacial score (nSPS) is 15.5. The molecule has 3 rings (SSSR count). The van der Waals surface area contributed by atoms with Crippen LogP contribution >= 0.6 is 11.6 Å². The number of piperidine rings is 1. The highest BCUT2D eigenvalue weighted by Gasteiger charge is 2.31. The van der Waals surface area contributed by atoms with Crippen LogP contribution in [0.4, 0.5) is 23.7 Å². The van der Waals surface area contributed by atoms with Crippen LogP contribution in [0.5, 0.6) is 0 Å². The van der Waals surface area contributed by atoms with E-state index in [2.05, 4.69) is 15.4 Å². The van der Waals surface area contributed by atoms with Gasteiger partial charge in [0.25, 0.3) is 5.56 Å². The third-order valence-electron chi connectivity index (χ3n) is 4.75. The van der Waals surface area contributed by atoms with Crippen molar-refractivity contribution in [2.24, 2.45) is 0 Å². The van der Waals surface area contributed by atoms with Crippen molar-refractivity contribution in [1.82, 2.24) is 20.1 Å². The number of halogens is 4. The number of pyridine rings is 1. The summed E-state index contributed by atoms with van der Waals surface area (Å²) in [6.07, 6.45) is -1.78. The molecule has 0 radical (unpaired) electrons. The van der Waals surface area contributed by atoms with Crippen molar-refractivity contribution in [2.45, 2.75) is 51.4 Å². The Morgan fingerprint density at radius 2 is 1.84 bits per heavy atom. The third-order valence-corrected chi connectivity index (χ3v) is 5.10. The van der Waals surface area contributed by atoms with Gasteiger partial charge in [0.1, 0.15) is 10.6 Å². The predicted molar refractivity (Wildman–Crippen MR) is 112 cm³/mol. The Balaban J connectivity index is 1.69. The Hall–Kier alpha value is -2.82. The number of rotatable bonds is 3. The lowest BCUT2D eigenvalue weighted by Gasteiger charge is -2.34. The molecule has 1 amide bonds. The first-order chi connectivity index (χ1) is 14.8. The summed E-state index contributed by atoms with van der Waals surface area (Å²) in [6.45, 7) is 6.39. The number of amides is 1. The fraction of sp³-hybridized carbons (Fsp3) is 0.500. The maximum atomic E-state index is 12.7. The predicted octanol–water partition coefficient (Wildman–Crippen LogP) is 3.79. The third kappa shape index (κ3) is 5.70. The van der Waals surface area contributed by atoms with Crippen LogP contribution in [0.3, 0.4) is 0 Å². The van der Waals surface area contributed by atoms with Crippen molar-refractivity contribution in [2.75, 3.05) is 18.0 Å². The van der Waals surface area contributed by atoms with Crippen LogP contribution in [0.2, 0.25) is 5.02 Å². The van der Waals surface area contributed by atoms with Gasteiger partial charge in [0.05, 0.1) is 17.4 Å². The molecule has 12 heteroatoms. The zero-order valence-electron chi connectivity index (χ0n) is 17.7. The van der Waals surface area contributed by atoms with Crippen LogP contribution in [0.1, 0.15) is 39.2 Å². The Morgan fingerprint density at radius 1 is 1.19 bits per heavy atom. The topological polar surface area (TPSA) is 89.3 Å². The maximum absolute atomic E-state index is 12.7. The number of nitrogens with zero attached hydrogens (tertiary/aromatic N) is 4. The first-order valence-electron chi connectivity index (χ1n) is 9.91. The van der Waals surface area contributed by atoms with E-state index in [-0.39, 0.29) is 16.9 Å². The highest BCUT2D eigenvalue weighted by molar-refractivity contribution is 6.33. The minimum absolute atomic E-state index is 0.0725. The average molecular weight is 474 g/mol. The molecule has 0 spiro atoms. The van der Waals surface area contributed by atoms with Gasteiger partial charge in [-0.25, -0.2) is 9.78 Å². The Morgan fingerprint density at radius 3 is 2.38 bits per heavy atom. The van der Waals surface area contributed by atoms with E-state index in [1.54, 1.807) is 20.8 Å². The quantitative estimate of drug-likeness (QED) is 0.729. The van der Waals surface area contributed by atoms with Crippen molar-refractivity contribution in [3.05, 3.63) is 45.5 Å². The van der Waals surface area contributed by atoms with Gasteiger partial charge in [-0.2, -0.15) is 23.0 Å².